The Morgan fingerprint density at radius 1 is 1.15 bits per heavy atom. The lowest BCUT2D eigenvalue weighted by Gasteiger charge is -2.23. The van der Waals surface area contributed by atoms with Gasteiger partial charge in [0.05, 0.1) is 36.6 Å². The topological polar surface area (TPSA) is 88.4 Å². The van der Waals surface area contributed by atoms with Crippen molar-refractivity contribution < 1.29 is 23.7 Å². The van der Waals surface area contributed by atoms with Crippen LogP contribution in [0.15, 0.2) is 56.8 Å². The number of benzene rings is 1. The van der Waals surface area contributed by atoms with Crippen LogP contribution in [-0.4, -0.2) is 45.1 Å². The van der Waals surface area contributed by atoms with Gasteiger partial charge >= 0.3 is 5.97 Å². The van der Waals surface area contributed by atoms with Crippen molar-refractivity contribution in [2.75, 3.05) is 34.5 Å². The highest BCUT2D eigenvalue weighted by molar-refractivity contribution is 7.10. The molecule has 0 fully saturated rings. The average Bonchev–Trinajstić information content (AvgIpc) is 3.47. The fourth-order valence-electron chi connectivity index (χ4n) is 3.69. The monoisotopic (exact) mass is 500 g/mol. The van der Waals surface area contributed by atoms with Gasteiger partial charge in [0.1, 0.15) is 12.6 Å². The van der Waals surface area contributed by atoms with Gasteiger partial charge in [-0.15, -0.1) is 11.3 Å². The van der Waals surface area contributed by atoms with Crippen molar-refractivity contribution in [1.82, 2.24) is 4.57 Å². The molecule has 2 aromatic heterocycles. The molecule has 8 nitrogen and oxygen atoms in total. The van der Waals surface area contributed by atoms with Crippen LogP contribution in [0.1, 0.15) is 23.4 Å². The Kier molecular flexibility index (Phi) is 7.30. The lowest BCUT2D eigenvalue weighted by Crippen LogP contribution is -2.39. The number of thiophene rings is 1. The molecule has 0 spiro atoms. The fraction of sp³-hybridized carbons (Fsp3) is 0.292. The second-order valence-corrected chi connectivity index (χ2v) is 9.33. The van der Waals surface area contributed by atoms with Crippen molar-refractivity contribution >= 4 is 34.7 Å². The lowest BCUT2D eigenvalue weighted by molar-refractivity contribution is -0.140. The molecule has 1 atom stereocenters. The van der Waals surface area contributed by atoms with Crippen molar-refractivity contribution in [1.29, 1.82) is 0 Å². The molecule has 4 rings (SSSR count). The largest absolute Gasteiger partial charge is 0.493 e. The van der Waals surface area contributed by atoms with E-state index in [-0.39, 0.29) is 18.8 Å². The first-order valence-corrected chi connectivity index (χ1v) is 12.1. The number of carbonyl (C=O) groups is 1. The molecule has 1 aromatic carbocycles. The average molecular weight is 501 g/mol. The third-order valence-corrected chi connectivity index (χ3v) is 7.19. The number of esters is 1. The number of allylic oxidation sites excluding steroid dienone is 1. The number of rotatable bonds is 8. The normalized spacial score (nSPS) is 15.6. The molecule has 0 aliphatic carbocycles. The molecule has 0 saturated carbocycles. The van der Waals surface area contributed by atoms with Gasteiger partial charge in [0.2, 0.25) is 0 Å². The van der Waals surface area contributed by atoms with Gasteiger partial charge in [-0.2, -0.15) is 0 Å². The Hall–Kier alpha value is -3.21. The first-order chi connectivity index (χ1) is 16.5. The van der Waals surface area contributed by atoms with Crippen molar-refractivity contribution in [3.8, 4) is 11.5 Å². The van der Waals surface area contributed by atoms with E-state index in [0.717, 1.165) is 10.4 Å². The minimum atomic E-state index is -0.612. The SMILES string of the molecule is COCCOC(=O)C1=C(C)N=c2s/c(=C\c3ccc(OC)c(OC)c3)c(=O)n2[C@H]1c1cccs1. The maximum atomic E-state index is 13.6. The van der Waals surface area contributed by atoms with Crippen LogP contribution in [0.5, 0.6) is 11.5 Å². The summed E-state index contributed by atoms with van der Waals surface area (Å²) in [5.74, 6) is 0.661. The van der Waals surface area contributed by atoms with Crippen LogP contribution in [0.4, 0.5) is 0 Å². The highest BCUT2D eigenvalue weighted by Crippen LogP contribution is 2.33. The van der Waals surface area contributed by atoms with E-state index >= 15 is 0 Å². The summed E-state index contributed by atoms with van der Waals surface area (Å²) >= 11 is 2.75. The van der Waals surface area contributed by atoms with Crippen LogP contribution in [0.25, 0.3) is 6.08 Å². The zero-order chi connectivity index (χ0) is 24.2. The second kappa shape index (κ2) is 10.4. The van der Waals surface area contributed by atoms with E-state index in [2.05, 4.69) is 4.99 Å². The number of aromatic nitrogens is 1. The summed E-state index contributed by atoms with van der Waals surface area (Å²) in [5.41, 5.74) is 1.43. The summed E-state index contributed by atoms with van der Waals surface area (Å²) in [6.07, 6.45) is 1.78. The Bertz CT molecular complexity index is 1400. The van der Waals surface area contributed by atoms with E-state index in [1.165, 1.54) is 29.8 Å². The van der Waals surface area contributed by atoms with Crippen LogP contribution in [-0.2, 0) is 14.3 Å². The van der Waals surface area contributed by atoms with Crippen LogP contribution >= 0.6 is 22.7 Å². The molecule has 3 heterocycles. The number of hydrogen-bond donors (Lipinski definition) is 0. The third kappa shape index (κ3) is 4.56. The molecule has 0 unspecified atom stereocenters. The molecular weight excluding hydrogens is 476 g/mol. The maximum absolute atomic E-state index is 13.6. The van der Waals surface area contributed by atoms with Gasteiger partial charge in [-0.3, -0.25) is 9.36 Å². The first-order valence-electron chi connectivity index (χ1n) is 10.4. The lowest BCUT2D eigenvalue weighted by atomic mass is 10.0. The standard InChI is InChI=1S/C24H24N2O6S2/c1-14-20(23(28)32-10-9-29-2)21(18-6-5-11-33-18)26-22(27)19(34-24(26)25-14)13-15-7-8-16(30-3)17(12-15)31-4/h5-8,11-13,21H,9-10H2,1-4H3/b19-13-/t21-/m0/s1. The zero-order valence-corrected chi connectivity index (χ0v) is 20.8. The van der Waals surface area contributed by atoms with Crippen molar-refractivity contribution in [2.24, 2.45) is 4.99 Å². The van der Waals surface area contributed by atoms with Crippen molar-refractivity contribution in [3.63, 3.8) is 0 Å². The number of fused-ring (bicyclic) bond motifs is 1. The Balaban J connectivity index is 1.83. The molecule has 0 bridgehead atoms. The van der Waals surface area contributed by atoms with Crippen LogP contribution in [0.2, 0.25) is 0 Å². The Morgan fingerprint density at radius 3 is 2.62 bits per heavy atom. The van der Waals surface area contributed by atoms with E-state index in [0.29, 0.717) is 32.1 Å². The maximum Gasteiger partial charge on any atom is 0.338 e. The molecule has 10 heteroatoms. The summed E-state index contributed by atoms with van der Waals surface area (Å²) < 4.78 is 23.1. The van der Waals surface area contributed by atoms with Crippen LogP contribution in [0, 0.1) is 0 Å². The number of carbonyl (C=O) groups excluding carboxylic acids is 1. The molecule has 0 N–H and O–H groups in total. The summed E-state index contributed by atoms with van der Waals surface area (Å²) in [6.45, 7) is 2.17. The van der Waals surface area contributed by atoms with Gasteiger partial charge in [0.25, 0.3) is 5.56 Å². The Labute approximate surface area is 204 Å². The summed E-state index contributed by atoms with van der Waals surface area (Å²) in [5, 5.41) is 1.91. The molecule has 34 heavy (non-hydrogen) atoms. The summed E-state index contributed by atoms with van der Waals surface area (Å²) in [6, 6.07) is 8.62. The van der Waals surface area contributed by atoms with Crippen LogP contribution in [0.3, 0.4) is 0 Å². The highest BCUT2D eigenvalue weighted by Gasteiger charge is 2.34. The van der Waals surface area contributed by atoms with Gasteiger partial charge < -0.3 is 18.9 Å². The predicted octanol–water partition coefficient (Wildman–Crippen LogP) is 2.50. The minimum absolute atomic E-state index is 0.118. The van der Waals surface area contributed by atoms with E-state index in [4.69, 9.17) is 18.9 Å². The predicted molar refractivity (Wildman–Crippen MR) is 130 cm³/mol. The Morgan fingerprint density at radius 2 is 1.94 bits per heavy atom. The molecule has 1 aliphatic rings. The molecular formula is C24H24N2O6S2. The van der Waals surface area contributed by atoms with Crippen LogP contribution < -0.4 is 24.4 Å². The number of methoxy groups -OCH3 is 3. The van der Waals surface area contributed by atoms with E-state index in [1.54, 1.807) is 43.9 Å². The number of thiazole rings is 1. The van der Waals surface area contributed by atoms with Gasteiger partial charge in [-0.25, -0.2) is 9.79 Å². The molecule has 0 radical (unpaired) electrons. The van der Waals surface area contributed by atoms with Gasteiger partial charge in [0.15, 0.2) is 16.3 Å². The van der Waals surface area contributed by atoms with E-state index < -0.39 is 12.0 Å². The number of nitrogens with zero attached hydrogens (tertiary/aromatic N) is 2. The van der Waals surface area contributed by atoms with Crippen molar-refractivity contribution in [2.45, 2.75) is 13.0 Å². The van der Waals surface area contributed by atoms with Crippen molar-refractivity contribution in [3.05, 3.63) is 77.1 Å². The van der Waals surface area contributed by atoms with Gasteiger partial charge in [0, 0.05) is 12.0 Å². The summed E-state index contributed by atoms with van der Waals surface area (Å²) in [7, 11) is 4.67. The van der Waals surface area contributed by atoms with Gasteiger partial charge in [-0.1, -0.05) is 23.5 Å². The highest BCUT2D eigenvalue weighted by atomic mass is 32.1. The number of ether oxygens (including phenoxy) is 4. The molecule has 3 aromatic rings. The van der Waals surface area contributed by atoms with E-state index in [9.17, 15) is 9.59 Å². The first kappa shape index (κ1) is 23.9. The fourth-order valence-corrected chi connectivity index (χ4v) is 5.56. The molecule has 178 valence electrons. The molecule has 0 saturated heterocycles. The smallest absolute Gasteiger partial charge is 0.338 e. The van der Waals surface area contributed by atoms with Gasteiger partial charge in [-0.05, 0) is 42.1 Å². The third-order valence-electron chi connectivity index (χ3n) is 5.28. The minimum Gasteiger partial charge on any atom is -0.493 e. The zero-order valence-electron chi connectivity index (χ0n) is 19.2. The molecule has 1 aliphatic heterocycles. The summed E-state index contributed by atoms with van der Waals surface area (Å²) in [4.78, 5) is 32.5. The number of hydrogen-bond acceptors (Lipinski definition) is 9. The van der Waals surface area contributed by atoms with E-state index in [1.807, 2.05) is 23.6 Å². The second-order valence-electron chi connectivity index (χ2n) is 7.34. The quantitative estimate of drug-likeness (QED) is 0.349. The molecule has 0 amide bonds.